The number of rotatable bonds is 2. The third-order valence-corrected chi connectivity index (χ3v) is 7.80. The van der Waals surface area contributed by atoms with Crippen molar-refractivity contribution in [2.24, 2.45) is 5.92 Å². The van der Waals surface area contributed by atoms with Crippen molar-refractivity contribution < 1.29 is 4.79 Å². The fourth-order valence-corrected chi connectivity index (χ4v) is 6.55. The lowest BCUT2D eigenvalue weighted by Crippen LogP contribution is -2.29. The summed E-state index contributed by atoms with van der Waals surface area (Å²) in [6.07, 6.45) is 0. The number of aromatic nitrogens is 2. The molecule has 1 aromatic heterocycles. The van der Waals surface area contributed by atoms with Crippen LogP contribution < -0.4 is 0 Å². The van der Waals surface area contributed by atoms with Gasteiger partial charge in [0, 0.05) is 4.91 Å². The molecule has 0 amide bonds. The molecule has 2 atom stereocenters. The van der Waals surface area contributed by atoms with Gasteiger partial charge in [0.05, 0.1) is 17.0 Å². The van der Waals surface area contributed by atoms with Crippen molar-refractivity contribution >= 4 is 33.6 Å². The minimum atomic E-state index is -0.535. The number of nitrogens with zero attached hydrogens (tertiary/aromatic N) is 2. The SMILES string of the molecule is CC1=C(c2ccccc2)S[C@@]2(c3ccccc3)c3nc4ccccc4n3C(=O)C12. The van der Waals surface area contributed by atoms with Gasteiger partial charge in [0.25, 0.3) is 0 Å². The van der Waals surface area contributed by atoms with E-state index in [4.69, 9.17) is 4.98 Å². The van der Waals surface area contributed by atoms with Crippen LogP contribution in [0, 0.1) is 5.92 Å². The van der Waals surface area contributed by atoms with Crippen LogP contribution in [0.25, 0.3) is 15.9 Å². The Bertz CT molecular complexity index is 1310. The lowest BCUT2D eigenvalue weighted by molar-refractivity contribution is 0.0881. The van der Waals surface area contributed by atoms with Gasteiger partial charge in [0.15, 0.2) is 0 Å². The molecule has 0 saturated carbocycles. The summed E-state index contributed by atoms with van der Waals surface area (Å²) < 4.78 is 1.32. The Morgan fingerprint density at radius 1 is 0.897 bits per heavy atom. The molecule has 0 fully saturated rings. The van der Waals surface area contributed by atoms with Gasteiger partial charge in [0.2, 0.25) is 5.91 Å². The van der Waals surface area contributed by atoms with Crippen LogP contribution in [0.5, 0.6) is 0 Å². The van der Waals surface area contributed by atoms with E-state index in [0.717, 1.165) is 33.6 Å². The summed E-state index contributed by atoms with van der Waals surface area (Å²) in [5, 5.41) is 0. The zero-order chi connectivity index (χ0) is 19.6. The highest BCUT2D eigenvalue weighted by molar-refractivity contribution is 8.09. The van der Waals surface area contributed by atoms with Crippen molar-refractivity contribution in [3.8, 4) is 0 Å². The fraction of sp³-hybridized carbons (Fsp3) is 0.120. The monoisotopic (exact) mass is 394 g/mol. The number of benzene rings is 3. The number of hydrogen-bond acceptors (Lipinski definition) is 3. The van der Waals surface area contributed by atoms with Crippen molar-refractivity contribution in [1.82, 2.24) is 9.55 Å². The molecule has 3 nitrogen and oxygen atoms in total. The molecule has 29 heavy (non-hydrogen) atoms. The zero-order valence-electron chi connectivity index (χ0n) is 15.9. The lowest BCUT2D eigenvalue weighted by Gasteiger charge is -2.27. The van der Waals surface area contributed by atoms with Crippen molar-refractivity contribution in [3.63, 3.8) is 0 Å². The zero-order valence-corrected chi connectivity index (χ0v) is 16.7. The van der Waals surface area contributed by atoms with Gasteiger partial charge in [0.1, 0.15) is 10.6 Å². The molecule has 0 saturated heterocycles. The average Bonchev–Trinajstić information content (AvgIpc) is 3.38. The van der Waals surface area contributed by atoms with Crippen LogP contribution in [0.3, 0.4) is 0 Å². The Hall–Kier alpha value is -3.11. The van der Waals surface area contributed by atoms with Gasteiger partial charge in [-0.2, -0.15) is 0 Å². The molecule has 3 aromatic carbocycles. The highest BCUT2D eigenvalue weighted by atomic mass is 32.2. The van der Waals surface area contributed by atoms with Crippen LogP contribution >= 0.6 is 11.8 Å². The van der Waals surface area contributed by atoms with Crippen molar-refractivity contribution in [2.75, 3.05) is 0 Å². The van der Waals surface area contributed by atoms with E-state index in [1.165, 1.54) is 4.91 Å². The minimum absolute atomic E-state index is 0.119. The van der Waals surface area contributed by atoms with E-state index >= 15 is 0 Å². The highest BCUT2D eigenvalue weighted by Crippen LogP contribution is 2.65. The summed E-state index contributed by atoms with van der Waals surface area (Å²) in [5.41, 5.74) is 5.19. The third-order valence-electron chi connectivity index (χ3n) is 6.06. The summed E-state index contributed by atoms with van der Waals surface area (Å²) in [4.78, 5) is 20.0. The Morgan fingerprint density at radius 2 is 1.55 bits per heavy atom. The number of imidazole rings is 1. The van der Waals surface area contributed by atoms with Crippen LogP contribution in [0.2, 0.25) is 0 Å². The Balaban J connectivity index is 1.66. The first-order valence-corrected chi connectivity index (χ1v) is 10.6. The second-order valence-corrected chi connectivity index (χ2v) is 8.87. The van der Waals surface area contributed by atoms with E-state index in [0.29, 0.717) is 0 Å². The van der Waals surface area contributed by atoms with Gasteiger partial charge in [-0.3, -0.25) is 9.36 Å². The van der Waals surface area contributed by atoms with Gasteiger partial charge >= 0.3 is 0 Å². The van der Waals surface area contributed by atoms with Gasteiger partial charge in [-0.1, -0.05) is 72.8 Å². The largest absolute Gasteiger partial charge is 0.273 e. The quantitative estimate of drug-likeness (QED) is 0.436. The van der Waals surface area contributed by atoms with Crippen molar-refractivity contribution in [2.45, 2.75) is 11.7 Å². The number of allylic oxidation sites excluding steroid dienone is 1. The number of carbonyl (C=O) groups is 1. The molecule has 0 bridgehead atoms. The first-order chi connectivity index (χ1) is 14.2. The molecule has 3 heterocycles. The van der Waals surface area contributed by atoms with Crippen LogP contribution in [0.1, 0.15) is 28.7 Å². The van der Waals surface area contributed by atoms with Crippen LogP contribution in [-0.4, -0.2) is 15.5 Å². The van der Waals surface area contributed by atoms with E-state index in [1.54, 1.807) is 11.8 Å². The van der Waals surface area contributed by atoms with Gasteiger partial charge < -0.3 is 0 Å². The van der Waals surface area contributed by atoms with Crippen LogP contribution in [0.15, 0.2) is 90.5 Å². The van der Waals surface area contributed by atoms with Crippen molar-refractivity contribution in [3.05, 3.63) is 107 Å². The first-order valence-electron chi connectivity index (χ1n) is 9.75. The number of fused-ring (bicyclic) bond motifs is 5. The van der Waals surface area contributed by atoms with Crippen LogP contribution in [-0.2, 0) is 4.75 Å². The molecule has 0 radical (unpaired) electrons. The van der Waals surface area contributed by atoms with E-state index < -0.39 is 4.75 Å². The third kappa shape index (κ3) is 2.10. The minimum Gasteiger partial charge on any atom is -0.273 e. The number of hydrogen-bond donors (Lipinski definition) is 0. The number of para-hydroxylation sites is 2. The summed E-state index contributed by atoms with van der Waals surface area (Å²) in [6.45, 7) is 2.11. The molecule has 0 aliphatic carbocycles. The molecule has 1 unspecified atom stereocenters. The highest BCUT2D eigenvalue weighted by Gasteiger charge is 2.61. The molecule has 0 N–H and O–H groups in total. The van der Waals surface area contributed by atoms with Crippen LogP contribution in [0.4, 0.5) is 0 Å². The predicted octanol–water partition coefficient (Wildman–Crippen LogP) is 5.73. The standard InChI is InChI=1S/C25H18N2OS/c1-16-21-23(28)27-20-15-9-8-14-19(20)26-24(27)25(21,18-12-6-3-7-13-18)29-22(16)17-10-4-2-5-11-17/h2-15,21H,1H3/t21?,25-/m1/s1. The summed E-state index contributed by atoms with van der Waals surface area (Å²) in [6, 6.07) is 28.7. The van der Waals surface area contributed by atoms with Crippen molar-refractivity contribution in [1.29, 1.82) is 0 Å². The molecule has 4 aromatic rings. The first kappa shape index (κ1) is 16.8. The molecular weight excluding hydrogens is 376 g/mol. The Labute approximate surface area is 173 Å². The van der Waals surface area contributed by atoms with E-state index in [2.05, 4.69) is 43.3 Å². The molecule has 140 valence electrons. The Morgan fingerprint density at radius 3 is 2.31 bits per heavy atom. The van der Waals surface area contributed by atoms with Gasteiger partial charge in [-0.25, -0.2) is 4.98 Å². The van der Waals surface area contributed by atoms with E-state index in [1.807, 2.05) is 53.1 Å². The lowest BCUT2D eigenvalue weighted by atomic mass is 9.82. The van der Waals surface area contributed by atoms with E-state index in [9.17, 15) is 4.79 Å². The molecule has 2 aliphatic heterocycles. The topological polar surface area (TPSA) is 34.9 Å². The molecule has 2 aliphatic rings. The van der Waals surface area contributed by atoms with Gasteiger partial charge in [-0.15, -0.1) is 11.8 Å². The second-order valence-electron chi connectivity index (χ2n) is 7.61. The predicted molar refractivity (Wildman–Crippen MR) is 118 cm³/mol. The maximum atomic E-state index is 13.8. The molecule has 6 rings (SSSR count). The molecule has 0 spiro atoms. The Kier molecular flexibility index (Phi) is 3.44. The normalized spacial score (nSPS) is 22.9. The smallest absolute Gasteiger partial charge is 0.242 e. The maximum Gasteiger partial charge on any atom is 0.242 e. The average molecular weight is 394 g/mol. The molecule has 4 heteroatoms. The fourth-order valence-electron chi connectivity index (χ4n) is 4.81. The number of thioether (sulfide) groups is 1. The summed E-state index contributed by atoms with van der Waals surface area (Å²) in [5.74, 6) is 0.709. The molecular formula is C25H18N2OS. The summed E-state index contributed by atoms with van der Waals surface area (Å²) >= 11 is 1.78. The maximum absolute atomic E-state index is 13.8. The number of carbonyl (C=O) groups excluding carboxylic acids is 1. The van der Waals surface area contributed by atoms with E-state index in [-0.39, 0.29) is 11.8 Å². The van der Waals surface area contributed by atoms with Gasteiger partial charge in [-0.05, 0) is 35.8 Å². The second kappa shape index (κ2) is 5.94. The summed E-state index contributed by atoms with van der Waals surface area (Å²) in [7, 11) is 0.